The summed E-state index contributed by atoms with van der Waals surface area (Å²) in [6.07, 6.45) is 0.396. The van der Waals surface area contributed by atoms with Gasteiger partial charge in [-0.2, -0.15) is 0 Å². The van der Waals surface area contributed by atoms with Crippen LogP contribution in [0.25, 0.3) is 0 Å². The molecule has 0 saturated heterocycles. The van der Waals surface area contributed by atoms with Crippen LogP contribution in [0.1, 0.15) is 0 Å². The lowest BCUT2D eigenvalue weighted by Gasteiger charge is -2.14. The number of amides is 2. The van der Waals surface area contributed by atoms with Gasteiger partial charge in [-0.3, -0.25) is 5.32 Å². The Kier molecular flexibility index (Phi) is 6.85. The molecule has 0 aliphatic rings. The van der Waals surface area contributed by atoms with Crippen LogP contribution in [0.2, 0.25) is 0 Å². The Labute approximate surface area is 77.0 Å². The Morgan fingerprint density at radius 3 is 2.69 bits per heavy atom. The molecule has 0 aliphatic carbocycles. The minimum absolute atomic E-state index is 0.0169. The minimum atomic E-state index is -0.385. The van der Waals surface area contributed by atoms with Crippen LogP contribution in [-0.2, 0) is 9.53 Å². The Hall–Kier alpha value is -1.14. The fourth-order valence-corrected chi connectivity index (χ4v) is 0.686. The molecular weight excluding hydrogens is 174 g/mol. The molecule has 0 aromatic rings. The standard InChI is InChI=1S/C7H15N3O3/c1-8-6(13-2)5-10-7(12)9-3-4-11/h4,6,8H,3,5H2,1-2H3,(H2,9,10,12). The Morgan fingerprint density at radius 2 is 2.23 bits per heavy atom. The molecule has 0 aliphatic heterocycles. The third kappa shape index (κ3) is 6.06. The lowest BCUT2D eigenvalue weighted by molar-refractivity contribution is -0.107. The predicted molar refractivity (Wildman–Crippen MR) is 47.3 cm³/mol. The minimum Gasteiger partial charge on any atom is -0.365 e. The summed E-state index contributed by atoms with van der Waals surface area (Å²) in [5, 5.41) is 7.69. The van der Waals surface area contributed by atoms with E-state index in [2.05, 4.69) is 16.0 Å². The van der Waals surface area contributed by atoms with Crippen molar-refractivity contribution in [1.29, 1.82) is 0 Å². The van der Waals surface area contributed by atoms with E-state index in [1.165, 1.54) is 7.11 Å². The quantitative estimate of drug-likeness (QED) is 0.357. The molecule has 0 spiro atoms. The van der Waals surface area contributed by atoms with Crippen LogP contribution in [0, 0.1) is 0 Å². The first-order valence-corrected chi connectivity index (χ1v) is 3.90. The molecule has 0 radical (unpaired) electrons. The lowest BCUT2D eigenvalue weighted by Crippen LogP contribution is -2.44. The van der Waals surface area contributed by atoms with Crippen molar-refractivity contribution in [1.82, 2.24) is 16.0 Å². The van der Waals surface area contributed by atoms with E-state index in [1.54, 1.807) is 7.05 Å². The highest BCUT2D eigenvalue weighted by molar-refractivity contribution is 5.76. The van der Waals surface area contributed by atoms with Crippen LogP contribution in [0.15, 0.2) is 0 Å². The van der Waals surface area contributed by atoms with Crippen LogP contribution in [0.3, 0.4) is 0 Å². The van der Waals surface area contributed by atoms with Crippen LogP contribution in [0.5, 0.6) is 0 Å². The average Bonchev–Trinajstić information content (AvgIpc) is 2.16. The van der Waals surface area contributed by atoms with Gasteiger partial charge < -0.3 is 20.2 Å². The van der Waals surface area contributed by atoms with Gasteiger partial charge in [0, 0.05) is 7.11 Å². The fourth-order valence-electron chi connectivity index (χ4n) is 0.686. The summed E-state index contributed by atoms with van der Waals surface area (Å²) >= 11 is 0. The highest BCUT2D eigenvalue weighted by Crippen LogP contribution is 1.79. The number of hydrogen-bond donors (Lipinski definition) is 3. The maximum Gasteiger partial charge on any atom is 0.315 e. The van der Waals surface area contributed by atoms with E-state index in [-0.39, 0.29) is 18.8 Å². The smallest absolute Gasteiger partial charge is 0.315 e. The zero-order valence-corrected chi connectivity index (χ0v) is 7.79. The van der Waals surface area contributed by atoms with E-state index < -0.39 is 0 Å². The summed E-state index contributed by atoms with van der Waals surface area (Å²) in [5.41, 5.74) is 0. The van der Waals surface area contributed by atoms with Crippen molar-refractivity contribution in [3.05, 3.63) is 0 Å². The van der Waals surface area contributed by atoms with E-state index in [9.17, 15) is 9.59 Å². The Balaban J connectivity index is 3.49. The predicted octanol–water partition coefficient (Wildman–Crippen LogP) is -1.32. The van der Waals surface area contributed by atoms with Crippen molar-refractivity contribution in [3.63, 3.8) is 0 Å². The Morgan fingerprint density at radius 1 is 1.54 bits per heavy atom. The van der Waals surface area contributed by atoms with Crippen molar-refractivity contribution in [2.24, 2.45) is 0 Å². The summed E-state index contributed by atoms with van der Waals surface area (Å²) < 4.78 is 4.93. The van der Waals surface area contributed by atoms with E-state index >= 15 is 0 Å². The van der Waals surface area contributed by atoms with Gasteiger partial charge in [0.1, 0.15) is 12.5 Å². The normalized spacial score (nSPS) is 11.8. The van der Waals surface area contributed by atoms with Gasteiger partial charge in [-0.05, 0) is 7.05 Å². The number of likely N-dealkylation sites (N-methyl/N-ethyl adjacent to an activating group) is 1. The molecule has 1 unspecified atom stereocenters. The molecular formula is C7H15N3O3. The van der Waals surface area contributed by atoms with Gasteiger partial charge in [0.05, 0.1) is 13.1 Å². The molecule has 13 heavy (non-hydrogen) atoms. The molecule has 6 nitrogen and oxygen atoms in total. The Bertz CT molecular complexity index is 159. The molecule has 0 rings (SSSR count). The molecule has 1 atom stereocenters. The number of methoxy groups -OCH3 is 1. The monoisotopic (exact) mass is 189 g/mol. The second-order valence-corrected chi connectivity index (χ2v) is 2.27. The molecule has 0 saturated carbocycles. The molecule has 76 valence electrons. The average molecular weight is 189 g/mol. The van der Waals surface area contributed by atoms with E-state index in [0.29, 0.717) is 12.8 Å². The second-order valence-electron chi connectivity index (χ2n) is 2.27. The fraction of sp³-hybridized carbons (Fsp3) is 0.714. The SMILES string of the molecule is CNC(CNC(=O)NCC=O)OC. The molecule has 6 heteroatoms. The van der Waals surface area contributed by atoms with Crippen LogP contribution in [0.4, 0.5) is 4.79 Å². The first kappa shape index (κ1) is 11.9. The van der Waals surface area contributed by atoms with Crippen molar-refractivity contribution in [3.8, 4) is 0 Å². The maximum absolute atomic E-state index is 10.9. The van der Waals surface area contributed by atoms with Crippen molar-refractivity contribution in [2.45, 2.75) is 6.23 Å². The molecule has 3 N–H and O–H groups in total. The number of ether oxygens (including phenoxy) is 1. The number of urea groups is 1. The maximum atomic E-state index is 10.9. The van der Waals surface area contributed by atoms with E-state index in [0.717, 1.165) is 0 Å². The second kappa shape index (κ2) is 7.51. The summed E-state index contributed by atoms with van der Waals surface area (Å²) in [7, 11) is 3.26. The first-order chi connectivity index (χ1) is 6.24. The zero-order chi connectivity index (χ0) is 10.1. The van der Waals surface area contributed by atoms with Gasteiger partial charge in [0.15, 0.2) is 0 Å². The molecule has 0 bridgehead atoms. The number of nitrogens with one attached hydrogen (secondary N) is 3. The summed E-state index contributed by atoms with van der Waals surface area (Å²) in [4.78, 5) is 20.8. The van der Waals surface area contributed by atoms with E-state index in [1.807, 2.05) is 0 Å². The number of hydrogen-bond acceptors (Lipinski definition) is 4. The molecule has 0 fully saturated rings. The van der Waals surface area contributed by atoms with Crippen LogP contribution in [-0.4, -0.2) is 45.8 Å². The van der Waals surface area contributed by atoms with Gasteiger partial charge in [-0.15, -0.1) is 0 Å². The summed E-state index contributed by atoms with van der Waals surface area (Å²) in [6, 6.07) is -0.385. The van der Waals surface area contributed by atoms with Crippen LogP contribution < -0.4 is 16.0 Å². The van der Waals surface area contributed by atoms with Gasteiger partial charge >= 0.3 is 6.03 Å². The highest BCUT2D eigenvalue weighted by atomic mass is 16.5. The van der Waals surface area contributed by atoms with Gasteiger partial charge in [0.2, 0.25) is 0 Å². The third-order valence-electron chi connectivity index (χ3n) is 1.40. The molecule has 0 heterocycles. The largest absolute Gasteiger partial charge is 0.365 e. The summed E-state index contributed by atoms with van der Waals surface area (Å²) in [5.74, 6) is 0. The third-order valence-corrected chi connectivity index (χ3v) is 1.40. The number of carbonyl (C=O) groups is 2. The van der Waals surface area contributed by atoms with Crippen molar-refractivity contribution >= 4 is 12.3 Å². The number of carbonyl (C=O) groups excluding carboxylic acids is 2. The first-order valence-electron chi connectivity index (χ1n) is 3.90. The molecule has 0 aromatic carbocycles. The topological polar surface area (TPSA) is 79.5 Å². The van der Waals surface area contributed by atoms with E-state index in [4.69, 9.17) is 4.74 Å². The number of rotatable bonds is 6. The van der Waals surface area contributed by atoms with Crippen LogP contribution >= 0.6 is 0 Å². The van der Waals surface area contributed by atoms with Crippen molar-refractivity contribution < 1.29 is 14.3 Å². The van der Waals surface area contributed by atoms with Gasteiger partial charge in [-0.25, -0.2) is 4.79 Å². The highest BCUT2D eigenvalue weighted by Gasteiger charge is 2.04. The number of aldehydes is 1. The lowest BCUT2D eigenvalue weighted by atomic mass is 10.5. The van der Waals surface area contributed by atoms with Crippen molar-refractivity contribution in [2.75, 3.05) is 27.2 Å². The summed E-state index contributed by atoms with van der Waals surface area (Å²) in [6.45, 7) is 0.362. The zero-order valence-electron chi connectivity index (χ0n) is 7.79. The van der Waals surface area contributed by atoms with Gasteiger partial charge in [-0.1, -0.05) is 0 Å². The molecule has 0 aromatic heterocycles. The van der Waals surface area contributed by atoms with Gasteiger partial charge in [0.25, 0.3) is 0 Å². The molecule has 2 amide bonds.